The zero-order chi connectivity index (χ0) is 14.5. The van der Waals surface area contributed by atoms with Gasteiger partial charge in [0, 0.05) is 38.4 Å². The summed E-state index contributed by atoms with van der Waals surface area (Å²) in [6.45, 7) is 9.43. The molecule has 1 fully saturated rings. The highest BCUT2D eigenvalue weighted by molar-refractivity contribution is 4.93. The highest BCUT2D eigenvalue weighted by Gasteiger charge is 2.24. The molecule has 0 amide bonds. The first-order valence-corrected chi connectivity index (χ1v) is 7.64. The van der Waals surface area contributed by atoms with Crippen LogP contribution in [-0.4, -0.2) is 57.5 Å². The van der Waals surface area contributed by atoms with E-state index in [-0.39, 0.29) is 18.3 Å². The Morgan fingerprint density at radius 3 is 2.70 bits per heavy atom. The summed E-state index contributed by atoms with van der Waals surface area (Å²) in [5, 5.41) is 10.3. The maximum Gasteiger partial charge on any atom is 0.108 e. The topological polar surface area (TPSA) is 50.5 Å². The molecule has 0 radical (unpaired) electrons. The van der Waals surface area contributed by atoms with E-state index >= 15 is 0 Å². The summed E-state index contributed by atoms with van der Waals surface area (Å²) < 4.78 is 7.79. The van der Waals surface area contributed by atoms with Crippen molar-refractivity contribution in [2.75, 3.05) is 19.6 Å². The number of ether oxygens (including phenoxy) is 1. The lowest BCUT2D eigenvalue weighted by molar-refractivity contribution is -0.0773. The van der Waals surface area contributed by atoms with Gasteiger partial charge < -0.3 is 14.4 Å². The molecule has 1 aromatic rings. The predicted molar refractivity (Wildman–Crippen MR) is 78.7 cm³/mol. The molecule has 0 aliphatic carbocycles. The molecule has 0 bridgehead atoms. The average Bonchev–Trinajstić information content (AvgIpc) is 2.75. The molecule has 1 N–H and O–H groups in total. The fourth-order valence-corrected chi connectivity index (χ4v) is 2.97. The van der Waals surface area contributed by atoms with Crippen LogP contribution in [0, 0.1) is 0 Å². The number of aromatic nitrogens is 2. The number of hydrogen-bond acceptors (Lipinski definition) is 4. The van der Waals surface area contributed by atoms with Crippen molar-refractivity contribution in [1.82, 2.24) is 14.5 Å². The molecular weight excluding hydrogens is 254 g/mol. The van der Waals surface area contributed by atoms with Gasteiger partial charge >= 0.3 is 0 Å². The summed E-state index contributed by atoms with van der Waals surface area (Å²) in [6, 6.07) is 0. The quantitative estimate of drug-likeness (QED) is 0.854. The highest BCUT2D eigenvalue weighted by Crippen LogP contribution is 2.12. The van der Waals surface area contributed by atoms with Crippen molar-refractivity contribution in [3.8, 4) is 0 Å². The van der Waals surface area contributed by atoms with Gasteiger partial charge in [0.05, 0.1) is 24.9 Å². The van der Waals surface area contributed by atoms with Crippen LogP contribution in [0.15, 0.2) is 12.4 Å². The number of morpholine rings is 1. The average molecular weight is 281 g/mol. The second-order valence-corrected chi connectivity index (χ2v) is 5.88. The minimum Gasteiger partial charge on any atom is -0.390 e. The first-order valence-electron chi connectivity index (χ1n) is 7.64. The second-order valence-electron chi connectivity index (χ2n) is 5.88. The van der Waals surface area contributed by atoms with Crippen molar-refractivity contribution in [2.45, 2.75) is 58.5 Å². The summed E-state index contributed by atoms with van der Waals surface area (Å²) >= 11 is 0. The molecule has 20 heavy (non-hydrogen) atoms. The van der Waals surface area contributed by atoms with E-state index in [2.05, 4.69) is 35.2 Å². The molecule has 5 nitrogen and oxygen atoms in total. The number of rotatable bonds is 6. The van der Waals surface area contributed by atoms with Crippen molar-refractivity contribution in [3.05, 3.63) is 18.2 Å². The van der Waals surface area contributed by atoms with Gasteiger partial charge in [0.2, 0.25) is 0 Å². The van der Waals surface area contributed by atoms with E-state index in [9.17, 15) is 5.11 Å². The third-order valence-electron chi connectivity index (χ3n) is 3.65. The number of aliphatic hydroxyl groups is 1. The van der Waals surface area contributed by atoms with Gasteiger partial charge in [0.1, 0.15) is 5.82 Å². The van der Waals surface area contributed by atoms with Crippen LogP contribution in [0.25, 0.3) is 0 Å². The van der Waals surface area contributed by atoms with E-state index in [1.165, 1.54) is 0 Å². The second kappa shape index (κ2) is 7.20. The van der Waals surface area contributed by atoms with Crippen LogP contribution in [0.5, 0.6) is 0 Å². The summed E-state index contributed by atoms with van der Waals surface area (Å²) in [4.78, 5) is 6.64. The Hall–Kier alpha value is -0.910. The fourth-order valence-electron chi connectivity index (χ4n) is 2.97. The number of imidazole rings is 1. The maximum atomic E-state index is 10.3. The summed E-state index contributed by atoms with van der Waals surface area (Å²) in [5.41, 5.74) is 0. The summed E-state index contributed by atoms with van der Waals surface area (Å²) in [7, 11) is 0. The Balaban J connectivity index is 1.85. The van der Waals surface area contributed by atoms with Crippen molar-refractivity contribution in [2.24, 2.45) is 0 Å². The number of β-amino-alcohol motifs (C(OH)–C–C–N with tert-alkyl or cyclic N) is 1. The molecule has 1 aromatic heterocycles. The smallest absolute Gasteiger partial charge is 0.108 e. The minimum atomic E-state index is -0.364. The lowest BCUT2D eigenvalue weighted by Crippen LogP contribution is -2.48. The van der Waals surface area contributed by atoms with Crippen LogP contribution >= 0.6 is 0 Å². The molecule has 2 rings (SSSR count). The molecule has 0 aromatic carbocycles. The van der Waals surface area contributed by atoms with Gasteiger partial charge in [-0.1, -0.05) is 6.92 Å². The maximum absolute atomic E-state index is 10.3. The Bertz CT molecular complexity index is 398. The number of nitrogens with zero attached hydrogens (tertiary/aromatic N) is 3. The first kappa shape index (κ1) is 15.5. The number of aliphatic hydroxyl groups excluding tert-OH is 1. The Kier molecular flexibility index (Phi) is 5.57. The summed E-state index contributed by atoms with van der Waals surface area (Å²) in [6.07, 6.45) is 5.94. The molecule has 1 saturated heterocycles. The van der Waals surface area contributed by atoms with Gasteiger partial charge in [-0.25, -0.2) is 4.98 Å². The molecule has 1 aliphatic rings. The van der Waals surface area contributed by atoms with Gasteiger partial charge in [-0.15, -0.1) is 0 Å². The van der Waals surface area contributed by atoms with E-state index < -0.39 is 0 Å². The van der Waals surface area contributed by atoms with Crippen LogP contribution in [0.4, 0.5) is 0 Å². The zero-order valence-corrected chi connectivity index (χ0v) is 12.8. The van der Waals surface area contributed by atoms with Crippen molar-refractivity contribution < 1.29 is 9.84 Å². The molecule has 3 unspecified atom stereocenters. The lowest BCUT2D eigenvalue weighted by atomic mass is 10.2. The molecular formula is C15H27N3O2. The van der Waals surface area contributed by atoms with Gasteiger partial charge in [0.25, 0.3) is 0 Å². The lowest BCUT2D eigenvalue weighted by Gasteiger charge is -2.36. The highest BCUT2D eigenvalue weighted by atomic mass is 16.5. The molecule has 5 heteroatoms. The van der Waals surface area contributed by atoms with Crippen LogP contribution in [0.2, 0.25) is 0 Å². The third kappa shape index (κ3) is 4.30. The Labute approximate surface area is 121 Å². The van der Waals surface area contributed by atoms with Crippen LogP contribution in [0.1, 0.15) is 33.0 Å². The Morgan fingerprint density at radius 1 is 1.35 bits per heavy atom. The van der Waals surface area contributed by atoms with Gasteiger partial charge in [-0.2, -0.15) is 0 Å². The molecule has 3 atom stereocenters. The van der Waals surface area contributed by atoms with Crippen LogP contribution in [0.3, 0.4) is 0 Å². The minimum absolute atomic E-state index is 0.245. The van der Waals surface area contributed by atoms with E-state index in [1.54, 1.807) is 0 Å². The van der Waals surface area contributed by atoms with Crippen molar-refractivity contribution in [3.63, 3.8) is 0 Å². The van der Waals surface area contributed by atoms with E-state index in [4.69, 9.17) is 4.74 Å². The molecule has 0 saturated carbocycles. The van der Waals surface area contributed by atoms with E-state index in [0.717, 1.165) is 31.8 Å². The molecule has 114 valence electrons. The largest absolute Gasteiger partial charge is 0.390 e. The SMILES string of the molecule is CCCc1nccn1CC(O)CN1CC(C)OC(C)C1. The van der Waals surface area contributed by atoms with Gasteiger partial charge in [-0.3, -0.25) is 4.90 Å². The van der Waals surface area contributed by atoms with E-state index in [0.29, 0.717) is 13.1 Å². The van der Waals surface area contributed by atoms with Crippen molar-refractivity contribution >= 4 is 0 Å². The summed E-state index contributed by atoms with van der Waals surface area (Å²) in [5.74, 6) is 1.07. The van der Waals surface area contributed by atoms with Crippen molar-refractivity contribution in [1.29, 1.82) is 0 Å². The van der Waals surface area contributed by atoms with Crippen LogP contribution in [-0.2, 0) is 17.7 Å². The predicted octanol–water partition coefficient (Wildman–Crippen LogP) is 1.31. The molecule has 2 heterocycles. The Morgan fingerprint density at radius 2 is 2.05 bits per heavy atom. The fraction of sp³-hybridized carbons (Fsp3) is 0.800. The standard InChI is InChI=1S/C15H27N3O2/c1-4-5-15-16-6-7-18(15)11-14(19)10-17-8-12(2)20-13(3)9-17/h6-7,12-14,19H,4-5,8-11H2,1-3H3. The first-order chi connectivity index (χ1) is 9.58. The molecule has 0 spiro atoms. The number of aryl methyl sites for hydroxylation is 1. The molecule has 1 aliphatic heterocycles. The van der Waals surface area contributed by atoms with Crippen LogP contribution < -0.4 is 0 Å². The normalized spacial score (nSPS) is 25.8. The monoisotopic (exact) mass is 281 g/mol. The van der Waals surface area contributed by atoms with E-state index in [1.807, 2.05) is 12.4 Å². The van der Waals surface area contributed by atoms with Gasteiger partial charge in [-0.05, 0) is 20.3 Å². The number of hydrogen-bond donors (Lipinski definition) is 1. The van der Waals surface area contributed by atoms with Gasteiger partial charge in [0.15, 0.2) is 0 Å². The third-order valence-corrected chi connectivity index (χ3v) is 3.65. The zero-order valence-electron chi connectivity index (χ0n) is 12.8.